The molecule has 0 unspecified atom stereocenters. The maximum Gasteiger partial charge on any atom is 0.0317 e. The number of hydrogen-bond acceptors (Lipinski definition) is 4. The number of anilines is 1. The number of nitrogens with zero attached hydrogens (tertiary/aromatic N) is 2. The van der Waals surface area contributed by atoms with Gasteiger partial charge in [0.2, 0.25) is 0 Å². The summed E-state index contributed by atoms with van der Waals surface area (Å²) in [6.07, 6.45) is 0. The van der Waals surface area contributed by atoms with Crippen molar-refractivity contribution in [3.05, 3.63) is 29.8 Å². The fraction of sp³-hybridized carbons (Fsp3) is 0.538. The highest BCUT2D eigenvalue weighted by Crippen LogP contribution is 2.11. The maximum absolute atomic E-state index is 5.78. The third-order valence-electron chi connectivity index (χ3n) is 3.27. The van der Waals surface area contributed by atoms with Crippen molar-refractivity contribution in [1.82, 2.24) is 9.80 Å². The Balaban J connectivity index is 1.82. The number of rotatable bonds is 4. The van der Waals surface area contributed by atoms with Gasteiger partial charge in [0.25, 0.3) is 0 Å². The quantitative estimate of drug-likeness (QED) is 0.738. The molecule has 94 valence electrons. The van der Waals surface area contributed by atoms with Crippen LogP contribution in [0.4, 0.5) is 5.69 Å². The summed E-state index contributed by atoms with van der Waals surface area (Å²) in [7, 11) is 0. The molecular formula is C13H22N4. The molecule has 4 nitrogen and oxygen atoms in total. The summed E-state index contributed by atoms with van der Waals surface area (Å²) >= 11 is 0. The molecular weight excluding hydrogens is 212 g/mol. The molecule has 0 spiro atoms. The molecule has 1 fully saturated rings. The topological polar surface area (TPSA) is 58.5 Å². The molecule has 1 aromatic carbocycles. The first kappa shape index (κ1) is 12.4. The fourth-order valence-electron chi connectivity index (χ4n) is 2.30. The molecule has 0 aliphatic carbocycles. The number of nitrogen functional groups attached to an aromatic ring is 1. The lowest BCUT2D eigenvalue weighted by Gasteiger charge is -2.34. The van der Waals surface area contributed by atoms with E-state index in [2.05, 4.69) is 21.9 Å². The highest BCUT2D eigenvalue weighted by molar-refractivity contribution is 5.40. The van der Waals surface area contributed by atoms with Gasteiger partial charge in [0.1, 0.15) is 0 Å². The van der Waals surface area contributed by atoms with E-state index in [9.17, 15) is 0 Å². The van der Waals surface area contributed by atoms with E-state index in [1.807, 2.05) is 12.1 Å². The van der Waals surface area contributed by atoms with E-state index < -0.39 is 0 Å². The lowest BCUT2D eigenvalue weighted by Crippen LogP contribution is -2.47. The number of piperazine rings is 1. The zero-order valence-corrected chi connectivity index (χ0v) is 10.3. The average Bonchev–Trinajstić information content (AvgIpc) is 2.32. The van der Waals surface area contributed by atoms with Crippen LogP contribution in [0.15, 0.2) is 24.3 Å². The van der Waals surface area contributed by atoms with Gasteiger partial charge in [-0.05, 0) is 17.7 Å². The Morgan fingerprint density at radius 1 is 1.06 bits per heavy atom. The molecule has 0 atom stereocenters. The Kier molecular flexibility index (Phi) is 4.36. The Bertz CT molecular complexity index is 345. The first-order chi connectivity index (χ1) is 8.28. The molecule has 4 N–H and O–H groups in total. The second kappa shape index (κ2) is 6.00. The minimum atomic E-state index is 0.759. The van der Waals surface area contributed by atoms with Crippen molar-refractivity contribution >= 4 is 5.69 Å². The first-order valence-electron chi connectivity index (χ1n) is 6.27. The van der Waals surface area contributed by atoms with Gasteiger partial charge in [-0.3, -0.25) is 9.80 Å². The van der Waals surface area contributed by atoms with E-state index >= 15 is 0 Å². The van der Waals surface area contributed by atoms with Gasteiger partial charge in [0.05, 0.1) is 0 Å². The maximum atomic E-state index is 5.78. The van der Waals surface area contributed by atoms with Crippen molar-refractivity contribution in [2.24, 2.45) is 5.73 Å². The van der Waals surface area contributed by atoms with E-state index in [4.69, 9.17) is 11.5 Å². The van der Waals surface area contributed by atoms with E-state index in [0.29, 0.717) is 0 Å². The standard InChI is InChI=1S/C13H22N4/c14-4-5-16-6-8-17(9-7-16)11-12-2-1-3-13(15)10-12/h1-3,10H,4-9,11,14-15H2. The van der Waals surface area contributed by atoms with Crippen LogP contribution in [-0.4, -0.2) is 49.1 Å². The molecule has 1 aromatic rings. The molecule has 0 amide bonds. The number of benzene rings is 1. The van der Waals surface area contributed by atoms with E-state index in [1.54, 1.807) is 0 Å². The van der Waals surface area contributed by atoms with Gasteiger partial charge >= 0.3 is 0 Å². The normalized spacial score (nSPS) is 18.4. The van der Waals surface area contributed by atoms with Crippen molar-refractivity contribution in [2.75, 3.05) is 45.0 Å². The molecule has 0 saturated carbocycles. The predicted molar refractivity (Wildman–Crippen MR) is 71.6 cm³/mol. The van der Waals surface area contributed by atoms with Crippen LogP contribution >= 0.6 is 0 Å². The Labute approximate surface area is 103 Å². The smallest absolute Gasteiger partial charge is 0.0317 e. The van der Waals surface area contributed by atoms with Crippen LogP contribution in [0.5, 0.6) is 0 Å². The Hall–Kier alpha value is -1.10. The van der Waals surface area contributed by atoms with Crippen LogP contribution in [0, 0.1) is 0 Å². The third kappa shape index (κ3) is 3.70. The minimum Gasteiger partial charge on any atom is -0.399 e. The van der Waals surface area contributed by atoms with E-state index in [0.717, 1.165) is 51.5 Å². The van der Waals surface area contributed by atoms with Gasteiger partial charge < -0.3 is 11.5 Å². The van der Waals surface area contributed by atoms with E-state index in [-0.39, 0.29) is 0 Å². The summed E-state index contributed by atoms with van der Waals surface area (Å²) in [6.45, 7) is 7.27. The number of nitrogens with two attached hydrogens (primary N) is 2. The van der Waals surface area contributed by atoms with Crippen molar-refractivity contribution in [3.63, 3.8) is 0 Å². The first-order valence-corrected chi connectivity index (χ1v) is 6.27. The lowest BCUT2D eigenvalue weighted by molar-refractivity contribution is 0.130. The van der Waals surface area contributed by atoms with Gasteiger partial charge in [-0.2, -0.15) is 0 Å². The molecule has 0 aromatic heterocycles. The summed E-state index contributed by atoms with van der Waals surface area (Å²) in [5.41, 5.74) is 13.5. The van der Waals surface area contributed by atoms with Crippen LogP contribution < -0.4 is 11.5 Å². The lowest BCUT2D eigenvalue weighted by atomic mass is 10.2. The predicted octanol–water partition coefficient (Wildman–Crippen LogP) is 0.345. The van der Waals surface area contributed by atoms with Gasteiger partial charge in [-0.1, -0.05) is 12.1 Å². The number of hydrogen-bond donors (Lipinski definition) is 2. The molecule has 1 aliphatic heterocycles. The Morgan fingerprint density at radius 3 is 2.41 bits per heavy atom. The van der Waals surface area contributed by atoms with Crippen LogP contribution in [0.1, 0.15) is 5.56 Å². The second-order valence-corrected chi connectivity index (χ2v) is 4.65. The summed E-state index contributed by atoms with van der Waals surface area (Å²) in [6, 6.07) is 8.16. The van der Waals surface area contributed by atoms with Crippen LogP contribution in [0.3, 0.4) is 0 Å². The summed E-state index contributed by atoms with van der Waals surface area (Å²) in [4.78, 5) is 4.90. The molecule has 1 aliphatic rings. The second-order valence-electron chi connectivity index (χ2n) is 4.65. The molecule has 1 saturated heterocycles. The zero-order valence-electron chi connectivity index (χ0n) is 10.3. The van der Waals surface area contributed by atoms with Gasteiger partial charge in [0.15, 0.2) is 0 Å². The van der Waals surface area contributed by atoms with Crippen molar-refractivity contribution < 1.29 is 0 Å². The SMILES string of the molecule is NCCN1CCN(Cc2cccc(N)c2)CC1. The monoisotopic (exact) mass is 234 g/mol. The van der Waals surface area contributed by atoms with Gasteiger partial charge in [0, 0.05) is 51.5 Å². The summed E-state index contributed by atoms with van der Waals surface area (Å²) < 4.78 is 0. The summed E-state index contributed by atoms with van der Waals surface area (Å²) in [5, 5.41) is 0. The van der Waals surface area contributed by atoms with Crippen LogP contribution in [0.25, 0.3) is 0 Å². The molecule has 4 heteroatoms. The molecule has 2 rings (SSSR count). The highest BCUT2D eigenvalue weighted by Gasteiger charge is 2.15. The Morgan fingerprint density at radius 2 is 1.76 bits per heavy atom. The van der Waals surface area contributed by atoms with Crippen molar-refractivity contribution in [3.8, 4) is 0 Å². The summed E-state index contributed by atoms with van der Waals surface area (Å²) in [5.74, 6) is 0. The largest absolute Gasteiger partial charge is 0.399 e. The van der Waals surface area contributed by atoms with Crippen LogP contribution in [0.2, 0.25) is 0 Å². The molecule has 17 heavy (non-hydrogen) atoms. The molecule has 0 bridgehead atoms. The van der Waals surface area contributed by atoms with Gasteiger partial charge in [-0.15, -0.1) is 0 Å². The third-order valence-corrected chi connectivity index (χ3v) is 3.27. The highest BCUT2D eigenvalue weighted by atomic mass is 15.3. The minimum absolute atomic E-state index is 0.759. The van der Waals surface area contributed by atoms with Crippen molar-refractivity contribution in [2.45, 2.75) is 6.54 Å². The van der Waals surface area contributed by atoms with E-state index in [1.165, 1.54) is 5.56 Å². The zero-order chi connectivity index (χ0) is 12.1. The average molecular weight is 234 g/mol. The molecule has 0 radical (unpaired) electrons. The van der Waals surface area contributed by atoms with Gasteiger partial charge in [-0.25, -0.2) is 0 Å². The van der Waals surface area contributed by atoms with Crippen LogP contribution in [-0.2, 0) is 6.54 Å². The van der Waals surface area contributed by atoms with Crippen molar-refractivity contribution in [1.29, 1.82) is 0 Å². The fourth-order valence-corrected chi connectivity index (χ4v) is 2.30. The molecule has 1 heterocycles.